The minimum Gasteiger partial charge on any atom is -0.383 e. The van der Waals surface area contributed by atoms with Crippen LogP contribution in [0.15, 0.2) is 35.4 Å². The van der Waals surface area contributed by atoms with Crippen molar-refractivity contribution in [1.82, 2.24) is 9.78 Å². The Labute approximate surface area is 110 Å². The van der Waals surface area contributed by atoms with Crippen molar-refractivity contribution in [3.05, 3.63) is 35.5 Å². The van der Waals surface area contributed by atoms with E-state index in [1.165, 1.54) is 0 Å². The highest BCUT2D eigenvalue weighted by molar-refractivity contribution is 8.00. The number of halogens is 1. The monoisotopic (exact) mass is 267 g/mol. The first-order valence-electron chi connectivity index (χ1n) is 5.34. The highest BCUT2D eigenvalue weighted by atomic mass is 35.5. The fourth-order valence-corrected chi connectivity index (χ4v) is 2.42. The van der Waals surface area contributed by atoms with Crippen LogP contribution in [0.4, 0.5) is 5.82 Å². The van der Waals surface area contributed by atoms with Crippen molar-refractivity contribution in [1.29, 1.82) is 0 Å². The van der Waals surface area contributed by atoms with E-state index < -0.39 is 0 Å². The number of aromatic nitrogens is 2. The number of anilines is 1. The Bertz CT molecular complexity index is 505. The maximum absolute atomic E-state index is 6.07. The molecule has 90 valence electrons. The second-order valence-corrected chi connectivity index (χ2v) is 6.00. The van der Waals surface area contributed by atoms with Gasteiger partial charge < -0.3 is 5.73 Å². The molecule has 0 bridgehead atoms. The van der Waals surface area contributed by atoms with Crippen LogP contribution in [0.3, 0.4) is 0 Å². The summed E-state index contributed by atoms with van der Waals surface area (Å²) in [5.41, 5.74) is 6.99. The molecule has 0 amide bonds. The molecule has 1 aromatic heterocycles. The van der Waals surface area contributed by atoms with Gasteiger partial charge in [0.1, 0.15) is 5.82 Å². The van der Waals surface area contributed by atoms with E-state index in [-0.39, 0.29) is 0 Å². The van der Waals surface area contributed by atoms with Crippen molar-refractivity contribution in [3.8, 4) is 5.69 Å². The van der Waals surface area contributed by atoms with Crippen LogP contribution in [-0.2, 0) is 0 Å². The highest BCUT2D eigenvalue weighted by Crippen LogP contribution is 2.29. The Morgan fingerprint density at radius 3 is 2.53 bits per heavy atom. The second kappa shape index (κ2) is 5.02. The Balaban J connectivity index is 2.33. The van der Waals surface area contributed by atoms with Crippen LogP contribution >= 0.6 is 23.4 Å². The molecule has 5 heteroatoms. The first-order valence-corrected chi connectivity index (χ1v) is 6.60. The topological polar surface area (TPSA) is 43.8 Å². The van der Waals surface area contributed by atoms with E-state index in [2.05, 4.69) is 18.9 Å². The summed E-state index contributed by atoms with van der Waals surface area (Å²) in [5.74, 6) is 0.672. The zero-order chi connectivity index (χ0) is 12.4. The molecule has 0 saturated heterocycles. The maximum atomic E-state index is 6.07. The molecule has 2 N–H and O–H groups in total. The molecular weight excluding hydrogens is 254 g/mol. The Hall–Kier alpha value is -1.13. The van der Waals surface area contributed by atoms with E-state index in [0.29, 0.717) is 16.1 Å². The minimum absolute atomic E-state index is 0.486. The maximum Gasteiger partial charge on any atom is 0.140 e. The summed E-state index contributed by atoms with van der Waals surface area (Å²) in [6, 6.07) is 7.45. The zero-order valence-electron chi connectivity index (χ0n) is 9.72. The van der Waals surface area contributed by atoms with Crippen LogP contribution in [0.2, 0.25) is 5.02 Å². The molecule has 0 aliphatic heterocycles. The quantitative estimate of drug-likeness (QED) is 0.864. The third-order valence-electron chi connectivity index (χ3n) is 2.20. The van der Waals surface area contributed by atoms with Gasteiger partial charge in [-0.2, -0.15) is 5.10 Å². The number of nitrogens with two attached hydrogens (primary N) is 1. The van der Waals surface area contributed by atoms with Crippen LogP contribution < -0.4 is 5.73 Å². The molecule has 17 heavy (non-hydrogen) atoms. The van der Waals surface area contributed by atoms with Crippen molar-refractivity contribution < 1.29 is 0 Å². The van der Waals surface area contributed by atoms with Gasteiger partial charge in [0.25, 0.3) is 0 Å². The molecule has 3 nitrogen and oxygen atoms in total. The van der Waals surface area contributed by atoms with E-state index >= 15 is 0 Å². The van der Waals surface area contributed by atoms with E-state index in [9.17, 15) is 0 Å². The predicted molar refractivity (Wildman–Crippen MR) is 74.0 cm³/mol. The van der Waals surface area contributed by atoms with Gasteiger partial charge in [0.2, 0.25) is 0 Å². The SMILES string of the molecule is CC(C)Sc1cnn(-c2ccc(Cl)cc2)c1N. The summed E-state index contributed by atoms with van der Waals surface area (Å²) < 4.78 is 1.72. The lowest BCUT2D eigenvalue weighted by Crippen LogP contribution is -2.02. The fraction of sp³-hybridized carbons (Fsp3) is 0.250. The lowest BCUT2D eigenvalue weighted by atomic mass is 10.3. The Kier molecular flexibility index (Phi) is 3.64. The van der Waals surface area contributed by atoms with Gasteiger partial charge in [-0.1, -0.05) is 25.4 Å². The first-order chi connectivity index (χ1) is 8.08. The normalized spacial score (nSPS) is 11.1. The van der Waals surface area contributed by atoms with Gasteiger partial charge >= 0.3 is 0 Å². The fourth-order valence-electron chi connectivity index (χ4n) is 1.48. The van der Waals surface area contributed by atoms with Gasteiger partial charge in [0.15, 0.2) is 0 Å². The van der Waals surface area contributed by atoms with Crippen molar-refractivity contribution in [2.45, 2.75) is 24.0 Å². The first kappa shape index (κ1) is 12.3. The summed E-state index contributed by atoms with van der Waals surface area (Å²) in [6.45, 7) is 4.26. The molecular formula is C12H14ClN3S. The molecule has 2 aromatic rings. The van der Waals surface area contributed by atoms with Crippen LogP contribution in [-0.4, -0.2) is 15.0 Å². The number of benzene rings is 1. The van der Waals surface area contributed by atoms with E-state index in [1.807, 2.05) is 24.3 Å². The number of nitrogen functional groups attached to an aromatic ring is 1. The largest absolute Gasteiger partial charge is 0.383 e. The van der Waals surface area contributed by atoms with Gasteiger partial charge in [-0.15, -0.1) is 11.8 Å². The van der Waals surface area contributed by atoms with E-state index in [0.717, 1.165) is 10.6 Å². The molecule has 0 saturated carbocycles. The van der Waals surface area contributed by atoms with Gasteiger partial charge in [-0.05, 0) is 24.3 Å². The predicted octanol–water partition coefficient (Wildman–Crippen LogP) is 3.61. The van der Waals surface area contributed by atoms with Crippen molar-refractivity contribution in [2.75, 3.05) is 5.73 Å². The number of thioether (sulfide) groups is 1. The molecule has 1 aromatic carbocycles. The molecule has 1 heterocycles. The van der Waals surface area contributed by atoms with Crippen molar-refractivity contribution in [2.24, 2.45) is 0 Å². The average molecular weight is 268 g/mol. The van der Waals surface area contributed by atoms with Crippen LogP contribution in [0, 0.1) is 0 Å². The van der Waals surface area contributed by atoms with Gasteiger partial charge in [-0.25, -0.2) is 4.68 Å². The third-order valence-corrected chi connectivity index (χ3v) is 3.50. The van der Waals surface area contributed by atoms with Crippen LogP contribution in [0.1, 0.15) is 13.8 Å². The molecule has 0 aliphatic rings. The Morgan fingerprint density at radius 1 is 1.29 bits per heavy atom. The molecule has 2 rings (SSSR count). The number of hydrogen-bond donors (Lipinski definition) is 1. The van der Waals surface area contributed by atoms with Gasteiger partial charge in [0.05, 0.1) is 16.8 Å². The summed E-state index contributed by atoms with van der Waals surface area (Å²) in [6.07, 6.45) is 1.80. The molecule has 0 spiro atoms. The van der Waals surface area contributed by atoms with Gasteiger partial charge in [-0.3, -0.25) is 0 Å². The number of hydrogen-bond acceptors (Lipinski definition) is 3. The molecule has 0 fully saturated rings. The Morgan fingerprint density at radius 2 is 1.94 bits per heavy atom. The summed E-state index contributed by atoms with van der Waals surface area (Å²) in [4.78, 5) is 1.01. The van der Waals surface area contributed by atoms with E-state index in [1.54, 1.807) is 22.6 Å². The zero-order valence-corrected chi connectivity index (χ0v) is 11.3. The molecule has 0 atom stereocenters. The summed E-state index contributed by atoms with van der Waals surface area (Å²) >= 11 is 7.56. The molecule has 0 unspecified atom stereocenters. The van der Waals surface area contributed by atoms with Crippen molar-refractivity contribution in [3.63, 3.8) is 0 Å². The summed E-state index contributed by atoms with van der Waals surface area (Å²) in [7, 11) is 0. The highest BCUT2D eigenvalue weighted by Gasteiger charge is 2.10. The minimum atomic E-state index is 0.486. The molecule has 0 radical (unpaired) electrons. The third kappa shape index (κ3) is 2.76. The van der Waals surface area contributed by atoms with Gasteiger partial charge in [0, 0.05) is 10.3 Å². The smallest absolute Gasteiger partial charge is 0.140 e. The number of nitrogens with zero attached hydrogens (tertiary/aromatic N) is 2. The van der Waals surface area contributed by atoms with Crippen LogP contribution in [0.5, 0.6) is 0 Å². The lowest BCUT2D eigenvalue weighted by Gasteiger charge is -2.06. The summed E-state index contributed by atoms with van der Waals surface area (Å²) in [5, 5.41) is 5.49. The lowest BCUT2D eigenvalue weighted by molar-refractivity contribution is 0.891. The van der Waals surface area contributed by atoms with E-state index in [4.69, 9.17) is 17.3 Å². The second-order valence-electron chi connectivity index (χ2n) is 3.95. The van der Waals surface area contributed by atoms with Crippen LogP contribution in [0.25, 0.3) is 5.69 Å². The molecule has 0 aliphatic carbocycles. The average Bonchev–Trinajstić information content (AvgIpc) is 2.61. The van der Waals surface area contributed by atoms with Crippen molar-refractivity contribution >= 4 is 29.2 Å². The standard InChI is InChI=1S/C12H14ClN3S/c1-8(2)17-11-7-15-16(12(11)14)10-5-3-9(13)4-6-10/h3-8H,14H2,1-2H3. The number of rotatable bonds is 3.